The van der Waals surface area contributed by atoms with Gasteiger partial charge in [-0.15, -0.1) is 0 Å². The summed E-state index contributed by atoms with van der Waals surface area (Å²) in [5.74, 6) is -4.25. The van der Waals surface area contributed by atoms with Crippen LogP contribution in [0, 0.1) is 17.5 Å². The fourth-order valence-electron chi connectivity index (χ4n) is 1.27. The highest BCUT2D eigenvalue weighted by atomic mass is 19.2. The molecule has 0 aliphatic carbocycles. The zero-order valence-electron chi connectivity index (χ0n) is 9.23. The van der Waals surface area contributed by atoms with Gasteiger partial charge in [-0.3, -0.25) is 4.79 Å². The van der Waals surface area contributed by atoms with Gasteiger partial charge >= 0.3 is 0 Å². The molecule has 17 heavy (non-hydrogen) atoms. The van der Waals surface area contributed by atoms with Crippen molar-refractivity contribution in [1.82, 2.24) is 0 Å². The molecule has 0 aliphatic heterocycles. The van der Waals surface area contributed by atoms with E-state index in [-0.39, 0.29) is 12.2 Å². The van der Waals surface area contributed by atoms with E-state index in [0.717, 1.165) is 0 Å². The Balaban J connectivity index is 2.89. The van der Waals surface area contributed by atoms with E-state index in [1.165, 1.54) is 0 Å². The molecule has 0 heterocycles. The lowest BCUT2D eigenvalue weighted by molar-refractivity contribution is 0.0960. The summed E-state index contributed by atoms with van der Waals surface area (Å²) < 4.78 is 43.6. The number of ketones is 1. The molecule has 1 rings (SSSR count). The predicted octanol–water partition coefficient (Wildman–Crippen LogP) is 3.23. The summed E-state index contributed by atoms with van der Waals surface area (Å²) in [6.07, 6.45) is -0.268. The fraction of sp³-hybridized carbons (Fsp3) is 0.250. The molecule has 0 radical (unpaired) electrons. The number of allylic oxidation sites excluding steroid dienone is 1. The van der Waals surface area contributed by atoms with E-state index >= 15 is 0 Å². The number of rotatable bonds is 5. The summed E-state index contributed by atoms with van der Waals surface area (Å²) in [5, 5.41) is 0. The molecule has 2 nitrogen and oxygen atoms in total. The van der Waals surface area contributed by atoms with Crippen molar-refractivity contribution in [3.8, 4) is 0 Å². The predicted molar refractivity (Wildman–Crippen MR) is 56.0 cm³/mol. The van der Waals surface area contributed by atoms with Crippen LogP contribution >= 0.6 is 0 Å². The van der Waals surface area contributed by atoms with Gasteiger partial charge in [-0.1, -0.05) is 6.58 Å². The lowest BCUT2D eigenvalue weighted by Gasteiger charge is -2.07. The van der Waals surface area contributed by atoms with E-state index < -0.39 is 28.8 Å². The molecule has 5 heteroatoms. The first-order chi connectivity index (χ1) is 7.95. The van der Waals surface area contributed by atoms with Crippen LogP contribution in [0.4, 0.5) is 13.2 Å². The Morgan fingerprint density at radius 3 is 2.41 bits per heavy atom. The molecule has 0 aromatic heterocycles. The van der Waals surface area contributed by atoms with E-state index in [1.54, 1.807) is 6.92 Å². The van der Waals surface area contributed by atoms with E-state index in [4.69, 9.17) is 4.74 Å². The third-order valence-corrected chi connectivity index (χ3v) is 2.02. The van der Waals surface area contributed by atoms with Gasteiger partial charge in [-0.2, -0.15) is 0 Å². The molecule has 0 N–H and O–H groups in total. The van der Waals surface area contributed by atoms with Crippen molar-refractivity contribution in [2.24, 2.45) is 0 Å². The van der Waals surface area contributed by atoms with E-state index in [2.05, 4.69) is 6.58 Å². The number of carbonyl (C=O) groups excluding carboxylic acids is 1. The maximum absolute atomic E-state index is 13.2. The first-order valence-corrected chi connectivity index (χ1v) is 4.94. The molecule has 0 spiro atoms. The van der Waals surface area contributed by atoms with Gasteiger partial charge < -0.3 is 4.74 Å². The monoisotopic (exact) mass is 244 g/mol. The van der Waals surface area contributed by atoms with Crippen LogP contribution in [-0.4, -0.2) is 12.4 Å². The van der Waals surface area contributed by atoms with E-state index in [1.807, 2.05) is 0 Å². The zero-order valence-corrected chi connectivity index (χ0v) is 9.23. The number of hydrogen-bond acceptors (Lipinski definition) is 2. The standard InChI is InChI=1S/C12H11F3O2/c1-3-17-7(2)4-12(16)8-5-10(14)11(15)6-9(8)13/h5-6H,2-4H2,1H3. The molecule has 0 bridgehead atoms. The van der Waals surface area contributed by atoms with Gasteiger partial charge in [0.05, 0.1) is 24.4 Å². The fourth-order valence-corrected chi connectivity index (χ4v) is 1.27. The molecule has 0 atom stereocenters. The van der Waals surface area contributed by atoms with Crippen LogP contribution in [0.1, 0.15) is 23.7 Å². The normalized spacial score (nSPS) is 10.1. The van der Waals surface area contributed by atoms with Crippen LogP contribution in [0.2, 0.25) is 0 Å². The van der Waals surface area contributed by atoms with Crippen molar-refractivity contribution >= 4 is 5.78 Å². The van der Waals surface area contributed by atoms with Gasteiger partial charge in [0.15, 0.2) is 17.4 Å². The number of Topliss-reactive ketones (excluding diaryl/α,β-unsaturated/α-hetero) is 1. The van der Waals surface area contributed by atoms with Gasteiger partial charge in [0, 0.05) is 6.07 Å². The Labute approximate surface area is 96.7 Å². The van der Waals surface area contributed by atoms with Crippen molar-refractivity contribution in [1.29, 1.82) is 0 Å². The minimum Gasteiger partial charge on any atom is -0.498 e. The Hall–Kier alpha value is -1.78. The van der Waals surface area contributed by atoms with Crippen molar-refractivity contribution in [2.75, 3.05) is 6.61 Å². The largest absolute Gasteiger partial charge is 0.498 e. The molecule has 1 aromatic carbocycles. The molecular formula is C12H11F3O2. The maximum Gasteiger partial charge on any atom is 0.173 e. The van der Waals surface area contributed by atoms with Gasteiger partial charge in [-0.05, 0) is 13.0 Å². The maximum atomic E-state index is 13.2. The second kappa shape index (κ2) is 5.52. The number of benzene rings is 1. The van der Waals surface area contributed by atoms with Crippen LogP contribution in [0.5, 0.6) is 0 Å². The average molecular weight is 244 g/mol. The summed E-state index contributed by atoms with van der Waals surface area (Å²) in [6.45, 7) is 5.47. The van der Waals surface area contributed by atoms with Crippen LogP contribution < -0.4 is 0 Å². The van der Waals surface area contributed by atoms with Gasteiger partial charge in [0.25, 0.3) is 0 Å². The molecule has 0 fully saturated rings. The zero-order chi connectivity index (χ0) is 13.0. The number of halogens is 3. The van der Waals surface area contributed by atoms with Gasteiger partial charge in [0.2, 0.25) is 0 Å². The van der Waals surface area contributed by atoms with Gasteiger partial charge in [0.1, 0.15) is 5.82 Å². The highest BCUT2D eigenvalue weighted by molar-refractivity contribution is 5.97. The van der Waals surface area contributed by atoms with Crippen molar-refractivity contribution in [2.45, 2.75) is 13.3 Å². The minimum atomic E-state index is -1.33. The Morgan fingerprint density at radius 1 is 1.24 bits per heavy atom. The Morgan fingerprint density at radius 2 is 1.82 bits per heavy atom. The lowest BCUT2D eigenvalue weighted by atomic mass is 10.1. The molecule has 0 amide bonds. The lowest BCUT2D eigenvalue weighted by Crippen LogP contribution is -2.07. The van der Waals surface area contributed by atoms with Crippen molar-refractivity contribution in [3.05, 3.63) is 47.5 Å². The van der Waals surface area contributed by atoms with Gasteiger partial charge in [-0.25, -0.2) is 13.2 Å². The first kappa shape index (κ1) is 13.3. The Bertz CT molecular complexity index is 455. The molecular weight excluding hydrogens is 233 g/mol. The molecule has 0 aliphatic rings. The van der Waals surface area contributed by atoms with Crippen molar-refractivity contribution in [3.63, 3.8) is 0 Å². The molecule has 1 aromatic rings. The SMILES string of the molecule is C=C(CC(=O)c1cc(F)c(F)cc1F)OCC. The minimum absolute atomic E-state index is 0.154. The van der Waals surface area contributed by atoms with E-state index in [0.29, 0.717) is 18.7 Å². The van der Waals surface area contributed by atoms with Crippen LogP contribution in [0.15, 0.2) is 24.5 Å². The molecule has 0 saturated carbocycles. The summed E-state index contributed by atoms with van der Waals surface area (Å²) in [6, 6.07) is 0.873. The summed E-state index contributed by atoms with van der Waals surface area (Å²) in [4.78, 5) is 11.5. The van der Waals surface area contributed by atoms with E-state index in [9.17, 15) is 18.0 Å². The highest BCUT2D eigenvalue weighted by Crippen LogP contribution is 2.17. The summed E-state index contributed by atoms with van der Waals surface area (Å²) in [5.41, 5.74) is -0.509. The number of hydrogen-bond donors (Lipinski definition) is 0. The third kappa shape index (κ3) is 3.34. The topological polar surface area (TPSA) is 26.3 Å². The molecule has 92 valence electrons. The van der Waals surface area contributed by atoms with Crippen LogP contribution in [0.25, 0.3) is 0 Å². The number of carbonyl (C=O) groups is 1. The second-order valence-electron chi connectivity index (χ2n) is 3.32. The first-order valence-electron chi connectivity index (χ1n) is 4.94. The summed E-state index contributed by atoms with van der Waals surface area (Å²) >= 11 is 0. The summed E-state index contributed by atoms with van der Waals surface area (Å²) in [7, 11) is 0. The van der Waals surface area contributed by atoms with Crippen LogP contribution in [-0.2, 0) is 4.74 Å². The Kier molecular flexibility index (Phi) is 4.31. The van der Waals surface area contributed by atoms with Crippen molar-refractivity contribution < 1.29 is 22.7 Å². The highest BCUT2D eigenvalue weighted by Gasteiger charge is 2.17. The quantitative estimate of drug-likeness (QED) is 0.451. The molecule has 0 unspecified atom stereocenters. The second-order valence-corrected chi connectivity index (χ2v) is 3.32. The smallest absolute Gasteiger partial charge is 0.173 e. The average Bonchev–Trinajstić information content (AvgIpc) is 2.23. The third-order valence-electron chi connectivity index (χ3n) is 2.02. The number of ether oxygens (including phenoxy) is 1. The van der Waals surface area contributed by atoms with Crippen LogP contribution in [0.3, 0.4) is 0 Å². The molecule has 0 saturated heterocycles.